The van der Waals surface area contributed by atoms with E-state index in [1.165, 1.54) is 25.7 Å². The van der Waals surface area contributed by atoms with E-state index in [0.29, 0.717) is 13.2 Å². The van der Waals surface area contributed by atoms with Gasteiger partial charge in [-0.15, -0.1) is 24.0 Å². The van der Waals surface area contributed by atoms with Crippen molar-refractivity contribution in [1.82, 2.24) is 20.4 Å². The minimum absolute atomic E-state index is 0. The fraction of sp³-hybridized carbons (Fsp3) is 0.900. The van der Waals surface area contributed by atoms with Gasteiger partial charge in [0.15, 0.2) is 5.96 Å². The zero-order valence-electron chi connectivity index (χ0n) is 18.1. The van der Waals surface area contributed by atoms with Crippen LogP contribution < -0.4 is 10.6 Å². The first-order valence-corrected chi connectivity index (χ1v) is 10.5. The third-order valence-electron chi connectivity index (χ3n) is 6.06. The Balaban J connectivity index is 0.00000392. The van der Waals surface area contributed by atoms with Crippen molar-refractivity contribution in [2.45, 2.75) is 45.6 Å². The van der Waals surface area contributed by atoms with Gasteiger partial charge >= 0.3 is 0 Å². The minimum Gasteiger partial charge on any atom is -0.383 e. The van der Waals surface area contributed by atoms with Gasteiger partial charge in [0.1, 0.15) is 0 Å². The van der Waals surface area contributed by atoms with Gasteiger partial charge < -0.3 is 20.3 Å². The summed E-state index contributed by atoms with van der Waals surface area (Å²) in [6.45, 7) is 10.1. The van der Waals surface area contributed by atoms with Crippen LogP contribution in [-0.2, 0) is 9.53 Å². The number of carbonyl (C=O) groups excluding carboxylic acids is 1. The van der Waals surface area contributed by atoms with Crippen LogP contribution in [-0.4, -0.2) is 87.7 Å². The molecule has 0 spiro atoms. The van der Waals surface area contributed by atoms with Crippen molar-refractivity contribution in [3.63, 3.8) is 0 Å². The SMILES string of the molecule is CN=C(NCC(=O)NCCOC)N1CCN(C2CCC(C(C)C)CC2)CC1.I. The molecule has 0 bridgehead atoms. The summed E-state index contributed by atoms with van der Waals surface area (Å²) in [5, 5.41) is 6.00. The molecular weight excluding hydrogens is 469 g/mol. The highest BCUT2D eigenvalue weighted by molar-refractivity contribution is 14.0. The molecule has 0 atom stereocenters. The average Bonchev–Trinajstić information content (AvgIpc) is 2.69. The maximum Gasteiger partial charge on any atom is 0.239 e. The second kappa shape index (κ2) is 13.6. The van der Waals surface area contributed by atoms with Crippen molar-refractivity contribution in [3.8, 4) is 0 Å². The fourth-order valence-corrected chi connectivity index (χ4v) is 4.28. The molecule has 0 unspecified atom stereocenters. The van der Waals surface area contributed by atoms with Crippen LogP contribution in [0.3, 0.4) is 0 Å². The Kier molecular flexibility index (Phi) is 12.3. The molecule has 8 heteroatoms. The van der Waals surface area contributed by atoms with Gasteiger partial charge in [0.05, 0.1) is 13.2 Å². The molecule has 2 N–H and O–H groups in total. The average molecular weight is 509 g/mol. The molecule has 0 aromatic heterocycles. The number of piperazine rings is 1. The van der Waals surface area contributed by atoms with Crippen LogP contribution in [0.5, 0.6) is 0 Å². The molecule has 1 saturated heterocycles. The standard InChI is InChI=1S/C20H39N5O2.HI/c1-16(2)17-5-7-18(8-6-17)24-10-12-25(13-11-24)20(21-3)23-15-19(26)22-9-14-27-4;/h16-18H,5-15H2,1-4H3,(H,21,23)(H,22,26);1H. The summed E-state index contributed by atoms with van der Waals surface area (Å²) in [6.07, 6.45) is 5.45. The van der Waals surface area contributed by atoms with Gasteiger partial charge in [-0.05, 0) is 37.5 Å². The van der Waals surface area contributed by atoms with E-state index >= 15 is 0 Å². The third kappa shape index (κ3) is 8.02. The van der Waals surface area contributed by atoms with Gasteiger partial charge in [0, 0.05) is 52.9 Å². The van der Waals surface area contributed by atoms with Gasteiger partial charge in [-0.2, -0.15) is 0 Å². The number of nitrogens with one attached hydrogen (secondary N) is 2. The summed E-state index contributed by atoms with van der Waals surface area (Å²) >= 11 is 0. The Morgan fingerprint density at radius 3 is 2.29 bits per heavy atom. The van der Waals surface area contributed by atoms with E-state index in [0.717, 1.165) is 50.0 Å². The van der Waals surface area contributed by atoms with E-state index in [1.54, 1.807) is 14.2 Å². The van der Waals surface area contributed by atoms with Crippen molar-refractivity contribution in [1.29, 1.82) is 0 Å². The van der Waals surface area contributed by atoms with Crippen LogP contribution in [0.1, 0.15) is 39.5 Å². The molecule has 0 aromatic carbocycles. The fourth-order valence-electron chi connectivity index (χ4n) is 4.28. The lowest BCUT2D eigenvalue weighted by Crippen LogP contribution is -2.56. The normalized spacial score (nSPS) is 24.0. The van der Waals surface area contributed by atoms with Crippen LogP contribution in [0, 0.1) is 11.8 Å². The highest BCUT2D eigenvalue weighted by atomic mass is 127. The Morgan fingerprint density at radius 2 is 1.75 bits per heavy atom. The summed E-state index contributed by atoms with van der Waals surface area (Å²) in [7, 11) is 3.41. The molecule has 164 valence electrons. The van der Waals surface area contributed by atoms with E-state index in [9.17, 15) is 4.79 Å². The first-order chi connectivity index (χ1) is 13.0. The molecule has 1 amide bonds. The molecule has 1 aliphatic carbocycles. The number of rotatable bonds is 7. The third-order valence-corrected chi connectivity index (χ3v) is 6.06. The van der Waals surface area contributed by atoms with Gasteiger partial charge in [-0.3, -0.25) is 14.7 Å². The zero-order chi connectivity index (χ0) is 19.6. The summed E-state index contributed by atoms with van der Waals surface area (Å²) < 4.78 is 4.94. The molecule has 7 nitrogen and oxygen atoms in total. The molecule has 1 aliphatic heterocycles. The van der Waals surface area contributed by atoms with Crippen molar-refractivity contribution in [2.24, 2.45) is 16.8 Å². The smallest absolute Gasteiger partial charge is 0.239 e. The number of nitrogens with zero attached hydrogens (tertiary/aromatic N) is 3. The number of methoxy groups -OCH3 is 1. The monoisotopic (exact) mass is 509 g/mol. The van der Waals surface area contributed by atoms with Crippen LogP contribution in [0.15, 0.2) is 4.99 Å². The lowest BCUT2D eigenvalue weighted by atomic mass is 9.79. The number of ether oxygens (including phenoxy) is 1. The summed E-state index contributed by atoms with van der Waals surface area (Å²) in [6, 6.07) is 0.753. The van der Waals surface area contributed by atoms with Gasteiger partial charge in [-0.1, -0.05) is 13.8 Å². The quantitative estimate of drug-likeness (QED) is 0.237. The number of amides is 1. The predicted molar refractivity (Wildman–Crippen MR) is 125 cm³/mol. The first-order valence-electron chi connectivity index (χ1n) is 10.5. The topological polar surface area (TPSA) is 69.2 Å². The molecule has 0 radical (unpaired) electrons. The van der Waals surface area contributed by atoms with Gasteiger partial charge in [-0.25, -0.2) is 0 Å². The van der Waals surface area contributed by atoms with E-state index < -0.39 is 0 Å². The van der Waals surface area contributed by atoms with Crippen LogP contribution >= 0.6 is 24.0 Å². The van der Waals surface area contributed by atoms with Crippen molar-refractivity contribution in [2.75, 3.05) is 60.0 Å². The number of guanidine groups is 1. The second-order valence-corrected chi connectivity index (χ2v) is 8.08. The molecular formula is C20H40IN5O2. The molecule has 2 aliphatic rings. The molecule has 1 saturated carbocycles. The largest absolute Gasteiger partial charge is 0.383 e. The molecule has 1 heterocycles. The van der Waals surface area contributed by atoms with Crippen LogP contribution in [0.25, 0.3) is 0 Å². The summed E-state index contributed by atoms with van der Waals surface area (Å²) in [5.74, 6) is 2.53. The number of halogens is 1. The predicted octanol–water partition coefficient (Wildman–Crippen LogP) is 1.77. The molecule has 0 aromatic rings. The van der Waals surface area contributed by atoms with E-state index in [2.05, 4.69) is 39.3 Å². The van der Waals surface area contributed by atoms with Crippen molar-refractivity contribution >= 4 is 35.8 Å². The summed E-state index contributed by atoms with van der Waals surface area (Å²) in [5.41, 5.74) is 0. The number of hydrogen-bond acceptors (Lipinski definition) is 4. The number of carbonyl (C=O) groups is 1. The van der Waals surface area contributed by atoms with Crippen molar-refractivity contribution in [3.05, 3.63) is 0 Å². The molecule has 2 rings (SSSR count). The van der Waals surface area contributed by atoms with Gasteiger partial charge in [0.25, 0.3) is 0 Å². The first kappa shape index (κ1) is 25.4. The second-order valence-electron chi connectivity index (χ2n) is 8.08. The van der Waals surface area contributed by atoms with Gasteiger partial charge in [0.2, 0.25) is 5.91 Å². The van der Waals surface area contributed by atoms with E-state index in [-0.39, 0.29) is 36.4 Å². The Bertz CT molecular complexity index is 473. The maximum atomic E-state index is 11.8. The highest BCUT2D eigenvalue weighted by Gasteiger charge is 2.29. The summed E-state index contributed by atoms with van der Waals surface area (Å²) in [4.78, 5) is 21.1. The Labute approximate surface area is 188 Å². The van der Waals surface area contributed by atoms with Crippen molar-refractivity contribution < 1.29 is 9.53 Å². The maximum absolute atomic E-state index is 11.8. The van der Waals surface area contributed by atoms with E-state index in [1.807, 2.05) is 0 Å². The lowest BCUT2D eigenvalue weighted by Gasteiger charge is -2.43. The van der Waals surface area contributed by atoms with Crippen LogP contribution in [0.4, 0.5) is 0 Å². The molecule has 2 fully saturated rings. The molecule has 28 heavy (non-hydrogen) atoms. The number of hydrogen-bond donors (Lipinski definition) is 2. The lowest BCUT2D eigenvalue weighted by molar-refractivity contribution is -0.120. The minimum atomic E-state index is -0.0336. The highest BCUT2D eigenvalue weighted by Crippen LogP contribution is 2.32. The number of aliphatic imine (C=N–C) groups is 1. The van der Waals surface area contributed by atoms with E-state index in [4.69, 9.17) is 4.74 Å². The Hall–Kier alpha value is -0.610. The zero-order valence-corrected chi connectivity index (χ0v) is 20.4. The Morgan fingerprint density at radius 1 is 1.11 bits per heavy atom. The van der Waals surface area contributed by atoms with Crippen LogP contribution in [0.2, 0.25) is 0 Å².